The summed E-state index contributed by atoms with van der Waals surface area (Å²) in [7, 11) is 3.73. The summed E-state index contributed by atoms with van der Waals surface area (Å²) < 4.78 is 5.26. The summed E-state index contributed by atoms with van der Waals surface area (Å²) >= 11 is 0. The molecule has 0 atom stereocenters. The lowest BCUT2D eigenvalue weighted by Crippen LogP contribution is -2.06. The maximum atomic E-state index is 5.26. The van der Waals surface area contributed by atoms with Crippen molar-refractivity contribution in [3.8, 4) is 5.75 Å². The number of unbranched alkanes of at least 4 members (excludes halogenated alkanes) is 3. The summed E-state index contributed by atoms with van der Waals surface area (Å²) in [6.07, 6.45) is 6.40. The van der Waals surface area contributed by atoms with Crippen molar-refractivity contribution in [2.45, 2.75) is 32.1 Å². The van der Waals surface area contributed by atoms with E-state index in [4.69, 9.17) is 4.74 Å². The van der Waals surface area contributed by atoms with Crippen molar-refractivity contribution in [2.75, 3.05) is 20.7 Å². The van der Waals surface area contributed by atoms with Gasteiger partial charge in [-0.3, -0.25) is 0 Å². The van der Waals surface area contributed by atoms with Gasteiger partial charge in [-0.15, -0.1) is 0 Å². The van der Waals surface area contributed by atoms with Crippen LogP contribution in [0.25, 0.3) is 10.8 Å². The highest BCUT2D eigenvalue weighted by molar-refractivity contribution is 5.84. The van der Waals surface area contributed by atoms with Crippen LogP contribution in [0.15, 0.2) is 36.4 Å². The average Bonchev–Trinajstić information content (AvgIpc) is 2.50. The zero-order valence-corrected chi connectivity index (χ0v) is 12.6. The maximum absolute atomic E-state index is 5.26. The fourth-order valence-corrected chi connectivity index (χ4v) is 2.54. The van der Waals surface area contributed by atoms with Crippen molar-refractivity contribution >= 4 is 10.8 Å². The first-order chi connectivity index (χ1) is 9.83. The molecule has 0 unspecified atom stereocenters. The highest BCUT2D eigenvalue weighted by atomic mass is 16.5. The van der Waals surface area contributed by atoms with E-state index in [0.717, 1.165) is 12.3 Å². The molecule has 2 aromatic carbocycles. The average molecular weight is 271 g/mol. The molecule has 2 aromatic rings. The lowest BCUT2D eigenvalue weighted by Gasteiger charge is -2.06. The molecule has 0 aliphatic heterocycles. The fraction of sp³-hybridized carbons (Fsp3) is 0.444. The predicted molar refractivity (Wildman–Crippen MR) is 86.6 cm³/mol. The maximum Gasteiger partial charge on any atom is 0.119 e. The van der Waals surface area contributed by atoms with Crippen LogP contribution in [0.5, 0.6) is 5.75 Å². The molecule has 2 heteroatoms. The predicted octanol–water partition coefficient (Wildman–Crippen LogP) is 4.17. The summed E-state index contributed by atoms with van der Waals surface area (Å²) in [6.45, 7) is 1.14. The van der Waals surface area contributed by atoms with Crippen LogP contribution in [-0.4, -0.2) is 20.7 Å². The second-order valence-electron chi connectivity index (χ2n) is 5.32. The van der Waals surface area contributed by atoms with Crippen LogP contribution in [0, 0.1) is 0 Å². The summed E-state index contributed by atoms with van der Waals surface area (Å²) in [6, 6.07) is 13.0. The highest BCUT2D eigenvalue weighted by Gasteiger charge is 1.99. The van der Waals surface area contributed by atoms with Crippen LogP contribution in [0.1, 0.15) is 31.2 Å². The molecule has 20 heavy (non-hydrogen) atoms. The van der Waals surface area contributed by atoms with Crippen molar-refractivity contribution < 1.29 is 4.74 Å². The largest absolute Gasteiger partial charge is 0.497 e. The van der Waals surface area contributed by atoms with Gasteiger partial charge in [-0.05, 0) is 61.3 Å². The quantitative estimate of drug-likeness (QED) is 0.728. The summed E-state index contributed by atoms with van der Waals surface area (Å²) in [4.78, 5) is 0. The van der Waals surface area contributed by atoms with Gasteiger partial charge in [0.05, 0.1) is 7.11 Å². The van der Waals surface area contributed by atoms with Gasteiger partial charge in [0.2, 0.25) is 0 Å². The Morgan fingerprint density at radius 1 is 0.900 bits per heavy atom. The van der Waals surface area contributed by atoms with Crippen molar-refractivity contribution in [1.29, 1.82) is 0 Å². The van der Waals surface area contributed by atoms with Crippen LogP contribution in [0.4, 0.5) is 0 Å². The van der Waals surface area contributed by atoms with Gasteiger partial charge in [0, 0.05) is 0 Å². The van der Waals surface area contributed by atoms with Crippen LogP contribution in [0.3, 0.4) is 0 Å². The number of hydrogen-bond donors (Lipinski definition) is 1. The molecule has 2 nitrogen and oxygen atoms in total. The molecule has 0 aliphatic rings. The zero-order valence-electron chi connectivity index (χ0n) is 12.6. The van der Waals surface area contributed by atoms with E-state index in [1.54, 1.807) is 7.11 Å². The van der Waals surface area contributed by atoms with E-state index in [1.165, 1.54) is 48.4 Å². The smallest absolute Gasteiger partial charge is 0.119 e. The van der Waals surface area contributed by atoms with Crippen LogP contribution in [0.2, 0.25) is 0 Å². The molecule has 0 amide bonds. The minimum absolute atomic E-state index is 0.926. The summed E-state index contributed by atoms with van der Waals surface area (Å²) in [5.41, 5.74) is 1.44. The number of nitrogens with one attached hydrogen (secondary N) is 1. The molecule has 0 fully saturated rings. The van der Waals surface area contributed by atoms with Gasteiger partial charge < -0.3 is 10.1 Å². The Balaban J connectivity index is 1.88. The van der Waals surface area contributed by atoms with E-state index < -0.39 is 0 Å². The fourth-order valence-electron chi connectivity index (χ4n) is 2.54. The Labute approximate surface area is 122 Å². The number of rotatable bonds is 8. The first kappa shape index (κ1) is 14.9. The standard InChI is InChI=1S/C18H25NO/c1-19-12-6-4-3-5-7-15-8-9-17-14-18(20-2)11-10-16(17)13-15/h8-11,13-14,19H,3-7,12H2,1-2H3. The molecular weight excluding hydrogens is 246 g/mol. The normalized spacial score (nSPS) is 10.9. The van der Waals surface area contributed by atoms with Gasteiger partial charge in [-0.1, -0.05) is 37.1 Å². The molecule has 0 aromatic heterocycles. The Morgan fingerprint density at radius 2 is 1.65 bits per heavy atom. The van der Waals surface area contributed by atoms with Crippen LogP contribution in [-0.2, 0) is 6.42 Å². The monoisotopic (exact) mass is 271 g/mol. The van der Waals surface area contributed by atoms with Gasteiger partial charge in [0.1, 0.15) is 5.75 Å². The molecule has 0 spiro atoms. The van der Waals surface area contributed by atoms with E-state index in [1.807, 2.05) is 13.1 Å². The number of hydrogen-bond acceptors (Lipinski definition) is 2. The third-order valence-corrected chi connectivity index (χ3v) is 3.75. The van der Waals surface area contributed by atoms with Crippen molar-refractivity contribution in [1.82, 2.24) is 5.32 Å². The van der Waals surface area contributed by atoms with Gasteiger partial charge in [-0.25, -0.2) is 0 Å². The number of aryl methyl sites for hydroxylation is 1. The number of methoxy groups -OCH3 is 1. The van der Waals surface area contributed by atoms with E-state index in [0.29, 0.717) is 0 Å². The molecule has 108 valence electrons. The van der Waals surface area contributed by atoms with Gasteiger partial charge in [0.25, 0.3) is 0 Å². The first-order valence-corrected chi connectivity index (χ1v) is 7.55. The number of fused-ring (bicyclic) bond motifs is 1. The lowest BCUT2D eigenvalue weighted by atomic mass is 10.0. The minimum atomic E-state index is 0.926. The molecule has 2 rings (SSSR count). The SMILES string of the molecule is CNCCCCCCc1ccc2cc(OC)ccc2c1. The number of ether oxygens (including phenoxy) is 1. The van der Waals surface area contributed by atoms with E-state index >= 15 is 0 Å². The summed E-state index contributed by atoms with van der Waals surface area (Å²) in [5, 5.41) is 5.75. The Kier molecular flexibility index (Phi) is 5.87. The van der Waals surface area contributed by atoms with Crippen LogP contribution >= 0.6 is 0 Å². The van der Waals surface area contributed by atoms with Gasteiger partial charge in [0.15, 0.2) is 0 Å². The Morgan fingerprint density at radius 3 is 2.45 bits per heavy atom. The van der Waals surface area contributed by atoms with Crippen LogP contribution < -0.4 is 10.1 Å². The minimum Gasteiger partial charge on any atom is -0.497 e. The Bertz CT molecular complexity index is 536. The van der Waals surface area contributed by atoms with E-state index in [2.05, 4.69) is 35.6 Å². The molecule has 0 aliphatic carbocycles. The van der Waals surface area contributed by atoms with Gasteiger partial charge in [-0.2, -0.15) is 0 Å². The Hall–Kier alpha value is -1.54. The third kappa shape index (κ3) is 4.24. The topological polar surface area (TPSA) is 21.3 Å². The summed E-state index contributed by atoms with van der Waals surface area (Å²) in [5.74, 6) is 0.926. The molecule has 0 radical (unpaired) electrons. The molecule has 0 bridgehead atoms. The lowest BCUT2D eigenvalue weighted by molar-refractivity contribution is 0.415. The molecule has 0 heterocycles. The second kappa shape index (κ2) is 7.91. The molecule has 0 saturated carbocycles. The second-order valence-corrected chi connectivity index (χ2v) is 5.32. The van der Waals surface area contributed by atoms with Crippen molar-refractivity contribution in [3.05, 3.63) is 42.0 Å². The molecular formula is C18H25NO. The highest BCUT2D eigenvalue weighted by Crippen LogP contribution is 2.22. The third-order valence-electron chi connectivity index (χ3n) is 3.75. The van der Waals surface area contributed by atoms with Gasteiger partial charge >= 0.3 is 0 Å². The molecule has 1 N–H and O–H groups in total. The van der Waals surface area contributed by atoms with Crippen molar-refractivity contribution in [3.63, 3.8) is 0 Å². The first-order valence-electron chi connectivity index (χ1n) is 7.55. The zero-order chi connectivity index (χ0) is 14.2. The van der Waals surface area contributed by atoms with E-state index in [-0.39, 0.29) is 0 Å². The molecule has 0 saturated heterocycles. The van der Waals surface area contributed by atoms with Crippen molar-refractivity contribution in [2.24, 2.45) is 0 Å². The van der Waals surface area contributed by atoms with E-state index in [9.17, 15) is 0 Å². The number of benzene rings is 2.